The van der Waals surface area contributed by atoms with Gasteiger partial charge in [0.25, 0.3) is 0 Å². The van der Waals surface area contributed by atoms with E-state index < -0.39 is 16.0 Å². The Morgan fingerprint density at radius 2 is 2.08 bits per heavy atom. The molecule has 1 aromatic heterocycles. The number of halogens is 1. The summed E-state index contributed by atoms with van der Waals surface area (Å²) in [6.45, 7) is 2.03. The van der Waals surface area contributed by atoms with Crippen LogP contribution in [0.3, 0.4) is 0 Å². The fourth-order valence-electron chi connectivity index (χ4n) is 2.38. The number of nitrogens with zero attached hydrogens (tertiary/aromatic N) is 1. The highest BCUT2D eigenvalue weighted by Crippen LogP contribution is 2.26. The molecule has 0 amide bonds. The monoisotopic (exact) mass is 398 g/mol. The van der Waals surface area contributed by atoms with Crippen molar-refractivity contribution < 1.29 is 22.7 Å². The van der Waals surface area contributed by atoms with Crippen LogP contribution in [0.25, 0.3) is 0 Å². The van der Waals surface area contributed by atoms with Gasteiger partial charge in [0.1, 0.15) is 4.88 Å². The maximum Gasteiger partial charge on any atom is 0.348 e. The summed E-state index contributed by atoms with van der Waals surface area (Å²) in [5.74, 6) is -0.525. The number of hydrogen-bond acceptors (Lipinski definition) is 7. The van der Waals surface area contributed by atoms with Gasteiger partial charge in [-0.1, -0.05) is 0 Å². The van der Waals surface area contributed by atoms with E-state index in [9.17, 15) is 13.2 Å². The summed E-state index contributed by atoms with van der Waals surface area (Å²) in [6, 6.07) is 1.37. The number of piperidine rings is 1. The first-order chi connectivity index (χ1) is 11.0. The van der Waals surface area contributed by atoms with Crippen LogP contribution in [0.4, 0.5) is 0 Å². The van der Waals surface area contributed by atoms with E-state index in [1.807, 2.05) is 0 Å². The first kappa shape index (κ1) is 21.3. The maximum absolute atomic E-state index is 12.6. The second-order valence-corrected chi connectivity index (χ2v) is 8.10. The standard InChI is InChI=1S/C14H22N2O5S2.ClH/c1-20-14(17)13-9-12(10-22-13)23(18,19)16-6-3-11(4-7-16)21-8-2-5-15;/h9-11H,2-8,15H2,1H3;1H. The molecule has 0 spiro atoms. The molecule has 0 bridgehead atoms. The third kappa shape index (κ3) is 5.14. The van der Waals surface area contributed by atoms with E-state index in [1.165, 1.54) is 22.9 Å². The maximum atomic E-state index is 12.6. The minimum Gasteiger partial charge on any atom is -0.465 e. The van der Waals surface area contributed by atoms with Crippen molar-refractivity contribution >= 4 is 39.7 Å². The van der Waals surface area contributed by atoms with Crippen molar-refractivity contribution in [2.75, 3.05) is 33.4 Å². The van der Waals surface area contributed by atoms with Crippen LogP contribution in [0, 0.1) is 0 Å². The highest BCUT2D eigenvalue weighted by molar-refractivity contribution is 7.89. The van der Waals surface area contributed by atoms with Gasteiger partial charge in [0, 0.05) is 25.1 Å². The third-order valence-electron chi connectivity index (χ3n) is 3.70. The average molecular weight is 399 g/mol. The van der Waals surface area contributed by atoms with Gasteiger partial charge in [-0.15, -0.1) is 23.7 Å². The Morgan fingerprint density at radius 3 is 2.67 bits per heavy atom. The molecular formula is C14H23ClN2O5S2. The van der Waals surface area contributed by atoms with Crippen LogP contribution < -0.4 is 5.73 Å². The topological polar surface area (TPSA) is 98.9 Å². The van der Waals surface area contributed by atoms with Crippen LogP contribution >= 0.6 is 23.7 Å². The molecule has 0 radical (unpaired) electrons. The molecule has 24 heavy (non-hydrogen) atoms. The zero-order valence-electron chi connectivity index (χ0n) is 13.5. The summed E-state index contributed by atoms with van der Waals surface area (Å²) in [6.07, 6.45) is 2.22. The van der Waals surface area contributed by atoms with Crippen LogP contribution in [0.2, 0.25) is 0 Å². The molecule has 2 N–H and O–H groups in total. The first-order valence-electron chi connectivity index (χ1n) is 7.47. The molecule has 0 atom stereocenters. The quantitative estimate of drug-likeness (QED) is 0.551. The second-order valence-electron chi connectivity index (χ2n) is 5.25. The molecule has 1 aliphatic rings. The van der Waals surface area contributed by atoms with Gasteiger partial charge in [-0.25, -0.2) is 13.2 Å². The zero-order valence-corrected chi connectivity index (χ0v) is 15.9. The summed E-state index contributed by atoms with van der Waals surface area (Å²) in [4.78, 5) is 11.9. The molecule has 1 aliphatic heterocycles. The van der Waals surface area contributed by atoms with Crippen LogP contribution in [0.15, 0.2) is 16.3 Å². The van der Waals surface area contributed by atoms with Crippen molar-refractivity contribution in [1.82, 2.24) is 4.31 Å². The molecule has 1 saturated heterocycles. The summed E-state index contributed by atoms with van der Waals surface area (Å²) in [7, 11) is -2.30. The molecular weight excluding hydrogens is 376 g/mol. The highest BCUT2D eigenvalue weighted by atomic mass is 35.5. The van der Waals surface area contributed by atoms with E-state index in [4.69, 9.17) is 10.5 Å². The van der Waals surface area contributed by atoms with Crippen molar-refractivity contribution in [3.63, 3.8) is 0 Å². The molecule has 0 unspecified atom stereocenters. The molecule has 0 aromatic carbocycles. The highest BCUT2D eigenvalue weighted by Gasteiger charge is 2.30. The third-order valence-corrected chi connectivity index (χ3v) is 6.64. The van der Waals surface area contributed by atoms with E-state index in [1.54, 1.807) is 0 Å². The Labute approximate surface area is 152 Å². The van der Waals surface area contributed by atoms with E-state index in [0.717, 1.165) is 17.8 Å². The number of rotatable bonds is 7. The molecule has 7 nitrogen and oxygen atoms in total. The van der Waals surface area contributed by atoms with Gasteiger partial charge < -0.3 is 15.2 Å². The minimum atomic E-state index is -3.57. The molecule has 1 aromatic rings. The Hall–Kier alpha value is -0.710. The second kappa shape index (κ2) is 9.69. The number of ether oxygens (including phenoxy) is 2. The van der Waals surface area contributed by atoms with Crippen LogP contribution in [-0.2, 0) is 19.5 Å². The lowest BCUT2D eigenvalue weighted by Crippen LogP contribution is -2.40. The smallest absolute Gasteiger partial charge is 0.348 e. The lowest BCUT2D eigenvalue weighted by molar-refractivity contribution is 0.0209. The van der Waals surface area contributed by atoms with E-state index >= 15 is 0 Å². The average Bonchev–Trinajstić information content (AvgIpc) is 3.06. The largest absolute Gasteiger partial charge is 0.465 e. The Kier molecular flexibility index (Phi) is 8.61. The van der Waals surface area contributed by atoms with Crippen LogP contribution in [0.1, 0.15) is 28.9 Å². The fourth-order valence-corrected chi connectivity index (χ4v) is 5.03. The van der Waals surface area contributed by atoms with Crippen molar-refractivity contribution in [3.05, 3.63) is 16.3 Å². The molecule has 0 saturated carbocycles. The number of hydrogen-bond donors (Lipinski definition) is 1. The predicted molar refractivity (Wildman–Crippen MR) is 94.3 cm³/mol. The number of nitrogens with two attached hydrogens (primary N) is 1. The SMILES string of the molecule is COC(=O)c1cc(S(=O)(=O)N2CCC(OCCCN)CC2)cs1.Cl. The first-order valence-corrected chi connectivity index (χ1v) is 9.79. The fraction of sp³-hybridized carbons (Fsp3) is 0.643. The Morgan fingerprint density at radius 1 is 1.42 bits per heavy atom. The number of carbonyl (C=O) groups is 1. The van der Waals surface area contributed by atoms with Gasteiger partial charge >= 0.3 is 5.97 Å². The van der Waals surface area contributed by atoms with Gasteiger partial charge in [-0.3, -0.25) is 0 Å². The molecule has 0 aliphatic carbocycles. The van der Waals surface area contributed by atoms with Crippen molar-refractivity contribution in [3.8, 4) is 0 Å². The van der Waals surface area contributed by atoms with Crippen LogP contribution in [-0.4, -0.2) is 58.1 Å². The van der Waals surface area contributed by atoms with Gasteiger partial charge in [0.15, 0.2) is 0 Å². The Balaban J connectivity index is 0.00000288. The van der Waals surface area contributed by atoms with Crippen molar-refractivity contribution in [1.29, 1.82) is 0 Å². The minimum absolute atomic E-state index is 0. The molecule has 1 fully saturated rings. The number of esters is 1. The lowest BCUT2D eigenvalue weighted by atomic mass is 10.1. The number of carbonyl (C=O) groups excluding carboxylic acids is 1. The zero-order chi connectivity index (χ0) is 16.9. The van der Waals surface area contributed by atoms with Gasteiger partial charge in [-0.2, -0.15) is 4.31 Å². The summed E-state index contributed by atoms with van der Waals surface area (Å²) in [5, 5.41) is 1.48. The van der Waals surface area contributed by atoms with E-state index in [0.29, 0.717) is 39.1 Å². The Bertz CT molecular complexity index is 627. The summed E-state index contributed by atoms with van der Waals surface area (Å²) in [5.41, 5.74) is 5.42. The predicted octanol–water partition coefficient (Wildman–Crippen LogP) is 1.47. The van der Waals surface area contributed by atoms with E-state index in [-0.39, 0.29) is 28.3 Å². The lowest BCUT2D eigenvalue weighted by Gasteiger charge is -2.30. The molecule has 10 heteroatoms. The number of methoxy groups -OCH3 is 1. The van der Waals surface area contributed by atoms with Gasteiger partial charge in [-0.05, 0) is 31.9 Å². The molecule has 2 heterocycles. The van der Waals surface area contributed by atoms with Crippen LogP contribution in [0.5, 0.6) is 0 Å². The van der Waals surface area contributed by atoms with Crippen molar-refractivity contribution in [2.45, 2.75) is 30.3 Å². The van der Waals surface area contributed by atoms with Gasteiger partial charge in [0.05, 0.1) is 18.1 Å². The summed E-state index contributed by atoms with van der Waals surface area (Å²) < 4.78 is 36.9. The van der Waals surface area contributed by atoms with E-state index in [2.05, 4.69) is 4.74 Å². The van der Waals surface area contributed by atoms with Gasteiger partial charge in [0.2, 0.25) is 10.0 Å². The molecule has 138 valence electrons. The number of thiophene rings is 1. The number of sulfonamides is 1. The summed E-state index contributed by atoms with van der Waals surface area (Å²) >= 11 is 1.07. The normalized spacial score (nSPS) is 16.6. The molecule has 2 rings (SSSR count). The van der Waals surface area contributed by atoms with Crippen molar-refractivity contribution in [2.24, 2.45) is 5.73 Å².